The summed E-state index contributed by atoms with van der Waals surface area (Å²) in [6.07, 6.45) is 2.08. The number of alkyl halides is 1. The highest BCUT2D eigenvalue weighted by Gasteiger charge is 2.28. The van der Waals surface area contributed by atoms with E-state index in [2.05, 4.69) is 15.9 Å². The van der Waals surface area contributed by atoms with Crippen LogP contribution in [-0.2, 0) is 15.8 Å². The number of rotatable bonds is 4. The summed E-state index contributed by atoms with van der Waals surface area (Å²) in [5, 5.41) is 0.879. The predicted octanol–water partition coefficient (Wildman–Crippen LogP) is 2.62. The van der Waals surface area contributed by atoms with Crippen LogP contribution in [0.1, 0.15) is 18.4 Å². The second kappa shape index (κ2) is 6.17. The van der Waals surface area contributed by atoms with E-state index in [-0.39, 0.29) is 5.75 Å². The molecule has 1 aliphatic heterocycles. The van der Waals surface area contributed by atoms with E-state index in [1.54, 1.807) is 4.31 Å². The van der Waals surface area contributed by atoms with Crippen molar-refractivity contribution in [3.63, 3.8) is 0 Å². The lowest BCUT2D eigenvalue weighted by atomic mass is 10.0. The molecule has 1 atom stereocenters. The molecule has 1 fully saturated rings. The van der Waals surface area contributed by atoms with E-state index in [1.165, 1.54) is 0 Å². The SMILES string of the molecule is O=S(=O)(Cc1ccccc1)N1CCCC(CBr)C1. The molecule has 3 nitrogen and oxygen atoms in total. The van der Waals surface area contributed by atoms with Crippen LogP contribution >= 0.6 is 15.9 Å². The Balaban J connectivity index is 2.06. The molecule has 1 heterocycles. The van der Waals surface area contributed by atoms with Gasteiger partial charge in [0, 0.05) is 18.4 Å². The number of hydrogen-bond acceptors (Lipinski definition) is 2. The fourth-order valence-electron chi connectivity index (χ4n) is 2.28. The Hall–Kier alpha value is -0.390. The molecule has 5 heteroatoms. The summed E-state index contributed by atoms with van der Waals surface area (Å²) in [4.78, 5) is 0. The molecule has 1 aromatic rings. The third-order valence-corrected chi connectivity index (χ3v) is 6.02. The van der Waals surface area contributed by atoms with E-state index in [4.69, 9.17) is 0 Å². The zero-order chi connectivity index (χ0) is 13.0. The van der Waals surface area contributed by atoms with E-state index in [9.17, 15) is 8.42 Å². The molecule has 1 saturated heterocycles. The smallest absolute Gasteiger partial charge is 0.212 e. The lowest BCUT2D eigenvalue weighted by molar-refractivity contribution is 0.285. The summed E-state index contributed by atoms with van der Waals surface area (Å²) in [5.74, 6) is 0.562. The highest BCUT2D eigenvalue weighted by molar-refractivity contribution is 9.09. The van der Waals surface area contributed by atoms with Crippen LogP contribution in [0.25, 0.3) is 0 Å². The summed E-state index contributed by atoms with van der Waals surface area (Å²) in [6, 6.07) is 9.38. The van der Waals surface area contributed by atoms with Gasteiger partial charge in [0.15, 0.2) is 0 Å². The van der Waals surface area contributed by atoms with Gasteiger partial charge in [-0.05, 0) is 24.3 Å². The fourth-order valence-corrected chi connectivity index (χ4v) is 4.45. The Morgan fingerprint density at radius 3 is 2.67 bits per heavy atom. The van der Waals surface area contributed by atoms with Crippen LogP contribution in [0.3, 0.4) is 0 Å². The van der Waals surface area contributed by atoms with Crippen LogP contribution in [0.4, 0.5) is 0 Å². The number of sulfonamides is 1. The lowest BCUT2D eigenvalue weighted by Crippen LogP contribution is -2.40. The largest absolute Gasteiger partial charge is 0.218 e. The van der Waals surface area contributed by atoms with Crippen LogP contribution in [0, 0.1) is 5.92 Å². The second-order valence-electron chi connectivity index (χ2n) is 4.76. The third kappa shape index (κ3) is 3.56. The molecule has 0 aliphatic carbocycles. The molecule has 1 aliphatic rings. The lowest BCUT2D eigenvalue weighted by Gasteiger charge is -2.31. The Morgan fingerprint density at radius 2 is 2.00 bits per heavy atom. The van der Waals surface area contributed by atoms with Crippen LogP contribution < -0.4 is 0 Å². The molecule has 2 rings (SSSR count). The van der Waals surface area contributed by atoms with E-state index < -0.39 is 10.0 Å². The quantitative estimate of drug-likeness (QED) is 0.795. The minimum absolute atomic E-state index is 0.114. The highest BCUT2D eigenvalue weighted by atomic mass is 79.9. The van der Waals surface area contributed by atoms with Gasteiger partial charge in [0.2, 0.25) is 10.0 Å². The van der Waals surface area contributed by atoms with Gasteiger partial charge in [-0.15, -0.1) is 0 Å². The standard InChI is InChI=1S/C13H18BrNO2S/c14-9-13-7-4-8-15(10-13)18(16,17)11-12-5-2-1-3-6-12/h1-3,5-6,13H,4,7-11H2. The van der Waals surface area contributed by atoms with E-state index in [0.717, 1.165) is 23.7 Å². The topological polar surface area (TPSA) is 37.4 Å². The summed E-state index contributed by atoms with van der Waals surface area (Å²) in [5.41, 5.74) is 0.860. The Labute approximate surface area is 117 Å². The molecule has 100 valence electrons. The molecule has 18 heavy (non-hydrogen) atoms. The van der Waals surface area contributed by atoms with Crippen molar-refractivity contribution in [1.82, 2.24) is 4.31 Å². The molecule has 0 bridgehead atoms. The molecular formula is C13H18BrNO2S. The monoisotopic (exact) mass is 331 g/mol. The minimum atomic E-state index is -3.17. The number of piperidine rings is 1. The number of halogens is 1. The summed E-state index contributed by atoms with van der Waals surface area (Å²) >= 11 is 3.45. The number of hydrogen-bond donors (Lipinski definition) is 0. The highest BCUT2D eigenvalue weighted by Crippen LogP contribution is 2.22. The second-order valence-corrected chi connectivity index (χ2v) is 7.38. The molecule has 1 unspecified atom stereocenters. The zero-order valence-electron chi connectivity index (χ0n) is 10.3. The normalized spacial score (nSPS) is 21.9. The minimum Gasteiger partial charge on any atom is -0.212 e. The van der Waals surface area contributed by atoms with Crippen LogP contribution in [0.15, 0.2) is 30.3 Å². The van der Waals surface area contributed by atoms with Crippen LogP contribution in [-0.4, -0.2) is 31.1 Å². The average molecular weight is 332 g/mol. The van der Waals surface area contributed by atoms with Gasteiger partial charge in [0.05, 0.1) is 5.75 Å². The predicted molar refractivity (Wildman–Crippen MR) is 77.2 cm³/mol. The number of benzene rings is 1. The first kappa shape index (κ1) is 14.0. The third-order valence-electron chi connectivity index (χ3n) is 3.29. The summed E-state index contributed by atoms with van der Waals surface area (Å²) in [6.45, 7) is 1.32. The Bertz CT molecular complexity index is 475. The van der Waals surface area contributed by atoms with Gasteiger partial charge >= 0.3 is 0 Å². The van der Waals surface area contributed by atoms with Crippen molar-refractivity contribution in [3.05, 3.63) is 35.9 Å². The molecular weight excluding hydrogens is 314 g/mol. The summed E-state index contributed by atoms with van der Waals surface area (Å²) in [7, 11) is -3.17. The maximum atomic E-state index is 12.3. The van der Waals surface area contributed by atoms with E-state index in [1.807, 2.05) is 30.3 Å². The first-order valence-corrected chi connectivity index (χ1v) is 8.92. The van der Waals surface area contributed by atoms with Crippen LogP contribution in [0.5, 0.6) is 0 Å². The van der Waals surface area contributed by atoms with E-state index >= 15 is 0 Å². The van der Waals surface area contributed by atoms with Crippen molar-refractivity contribution in [1.29, 1.82) is 0 Å². The maximum absolute atomic E-state index is 12.3. The molecule has 1 aromatic carbocycles. The van der Waals surface area contributed by atoms with Crippen molar-refractivity contribution < 1.29 is 8.42 Å². The maximum Gasteiger partial charge on any atom is 0.218 e. The Morgan fingerprint density at radius 1 is 1.28 bits per heavy atom. The van der Waals surface area contributed by atoms with Gasteiger partial charge < -0.3 is 0 Å². The van der Waals surface area contributed by atoms with Gasteiger partial charge in [-0.25, -0.2) is 12.7 Å². The number of nitrogens with zero attached hydrogens (tertiary/aromatic N) is 1. The van der Waals surface area contributed by atoms with Gasteiger partial charge in [0.1, 0.15) is 0 Å². The van der Waals surface area contributed by atoms with Crippen molar-refractivity contribution >= 4 is 26.0 Å². The van der Waals surface area contributed by atoms with Gasteiger partial charge in [-0.1, -0.05) is 46.3 Å². The van der Waals surface area contributed by atoms with E-state index in [0.29, 0.717) is 19.0 Å². The van der Waals surface area contributed by atoms with Crippen molar-refractivity contribution in [3.8, 4) is 0 Å². The van der Waals surface area contributed by atoms with Crippen molar-refractivity contribution in [2.45, 2.75) is 18.6 Å². The van der Waals surface area contributed by atoms with Crippen molar-refractivity contribution in [2.24, 2.45) is 5.92 Å². The molecule has 0 radical (unpaired) electrons. The molecule has 0 spiro atoms. The molecule has 0 N–H and O–H groups in total. The fraction of sp³-hybridized carbons (Fsp3) is 0.538. The first-order chi connectivity index (χ1) is 8.62. The van der Waals surface area contributed by atoms with Gasteiger partial charge in [-0.3, -0.25) is 0 Å². The first-order valence-electron chi connectivity index (χ1n) is 6.19. The average Bonchev–Trinajstić information content (AvgIpc) is 2.39. The zero-order valence-corrected chi connectivity index (χ0v) is 12.7. The molecule has 0 saturated carbocycles. The molecule has 0 amide bonds. The summed E-state index contributed by atoms with van der Waals surface area (Å²) < 4.78 is 26.3. The molecule has 0 aromatic heterocycles. The van der Waals surface area contributed by atoms with Crippen LogP contribution in [0.2, 0.25) is 0 Å². The Kier molecular flexibility index (Phi) is 4.81. The van der Waals surface area contributed by atoms with Gasteiger partial charge in [-0.2, -0.15) is 0 Å². The van der Waals surface area contributed by atoms with Gasteiger partial charge in [0.25, 0.3) is 0 Å². The van der Waals surface area contributed by atoms with Crippen molar-refractivity contribution in [2.75, 3.05) is 18.4 Å².